The van der Waals surface area contributed by atoms with Gasteiger partial charge in [-0.3, -0.25) is 0 Å². The zero-order valence-electron chi connectivity index (χ0n) is 8.81. The van der Waals surface area contributed by atoms with Crippen molar-refractivity contribution >= 4 is 0 Å². The normalized spacial score (nSPS) is 10.3. The molecule has 3 heteroatoms. The van der Waals surface area contributed by atoms with Gasteiger partial charge in [0.1, 0.15) is 17.2 Å². The van der Waals surface area contributed by atoms with E-state index >= 15 is 0 Å². The third kappa shape index (κ3) is 1.67. The van der Waals surface area contributed by atoms with E-state index in [-0.39, 0.29) is 22.8 Å². The summed E-state index contributed by atoms with van der Waals surface area (Å²) < 4.78 is 0. The zero-order chi connectivity index (χ0) is 11.7. The molecule has 16 heavy (non-hydrogen) atoms. The largest absolute Gasteiger partial charge is 0.507 e. The van der Waals surface area contributed by atoms with Crippen molar-refractivity contribution in [2.45, 2.75) is 6.92 Å². The van der Waals surface area contributed by atoms with Crippen molar-refractivity contribution in [1.82, 2.24) is 0 Å². The van der Waals surface area contributed by atoms with E-state index in [4.69, 9.17) is 0 Å². The van der Waals surface area contributed by atoms with Crippen LogP contribution in [-0.2, 0) is 0 Å². The van der Waals surface area contributed by atoms with Crippen molar-refractivity contribution in [3.8, 4) is 28.4 Å². The molecule has 2 rings (SSSR count). The number of benzene rings is 2. The van der Waals surface area contributed by atoms with Gasteiger partial charge in [0.15, 0.2) is 0 Å². The van der Waals surface area contributed by atoms with Crippen LogP contribution >= 0.6 is 0 Å². The fourth-order valence-corrected chi connectivity index (χ4v) is 1.65. The number of aromatic hydroxyl groups is 3. The average molecular weight is 216 g/mol. The molecule has 0 heterocycles. The Bertz CT molecular complexity index is 512. The van der Waals surface area contributed by atoms with Gasteiger partial charge in [-0.15, -0.1) is 0 Å². The molecule has 0 saturated heterocycles. The van der Waals surface area contributed by atoms with Gasteiger partial charge in [-0.05, 0) is 31.2 Å². The highest BCUT2D eigenvalue weighted by molar-refractivity contribution is 5.80. The van der Waals surface area contributed by atoms with Crippen LogP contribution in [0.3, 0.4) is 0 Å². The molecule has 0 spiro atoms. The van der Waals surface area contributed by atoms with Gasteiger partial charge in [-0.2, -0.15) is 0 Å². The molecule has 82 valence electrons. The molecule has 0 aliphatic heterocycles. The minimum atomic E-state index is -0.0547. The Kier molecular flexibility index (Phi) is 2.44. The quantitative estimate of drug-likeness (QED) is 0.686. The van der Waals surface area contributed by atoms with Crippen molar-refractivity contribution in [3.63, 3.8) is 0 Å². The number of aryl methyl sites for hydroxylation is 1. The second kappa shape index (κ2) is 3.77. The van der Waals surface area contributed by atoms with E-state index in [2.05, 4.69) is 0 Å². The molecule has 0 atom stereocenters. The maximum absolute atomic E-state index is 9.72. The van der Waals surface area contributed by atoms with Gasteiger partial charge in [-0.1, -0.05) is 17.7 Å². The lowest BCUT2D eigenvalue weighted by atomic mass is 10.0. The third-order valence-corrected chi connectivity index (χ3v) is 2.44. The van der Waals surface area contributed by atoms with Crippen molar-refractivity contribution in [1.29, 1.82) is 0 Å². The van der Waals surface area contributed by atoms with Crippen LogP contribution in [0.2, 0.25) is 0 Å². The molecule has 0 radical (unpaired) electrons. The molecule has 0 amide bonds. The van der Waals surface area contributed by atoms with E-state index in [1.165, 1.54) is 18.2 Å². The number of rotatable bonds is 1. The van der Waals surface area contributed by atoms with Gasteiger partial charge in [0.05, 0.1) is 5.56 Å². The lowest BCUT2D eigenvalue weighted by molar-refractivity contribution is 0.450. The van der Waals surface area contributed by atoms with E-state index < -0.39 is 0 Å². The van der Waals surface area contributed by atoms with Crippen LogP contribution in [-0.4, -0.2) is 15.3 Å². The van der Waals surface area contributed by atoms with Crippen LogP contribution < -0.4 is 0 Å². The van der Waals surface area contributed by atoms with Gasteiger partial charge < -0.3 is 15.3 Å². The van der Waals surface area contributed by atoms with Crippen LogP contribution in [0.15, 0.2) is 36.4 Å². The van der Waals surface area contributed by atoms with Crippen molar-refractivity contribution in [2.24, 2.45) is 0 Å². The molecule has 3 N–H and O–H groups in total. The Balaban J connectivity index is 2.72. The van der Waals surface area contributed by atoms with E-state index in [9.17, 15) is 15.3 Å². The fourth-order valence-electron chi connectivity index (χ4n) is 1.65. The lowest BCUT2D eigenvalue weighted by Gasteiger charge is -2.09. The third-order valence-electron chi connectivity index (χ3n) is 2.44. The maximum Gasteiger partial charge on any atom is 0.127 e. The van der Waals surface area contributed by atoms with Gasteiger partial charge in [0.25, 0.3) is 0 Å². The summed E-state index contributed by atoms with van der Waals surface area (Å²) in [5.74, 6) is -0.0794. The van der Waals surface area contributed by atoms with Gasteiger partial charge in [0.2, 0.25) is 0 Å². The molecule has 0 bridgehead atoms. The highest BCUT2D eigenvalue weighted by Gasteiger charge is 2.13. The van der Waals surface area contributed by atoms with E-state index in [0.29, 0.717) is 5.56 Å². The lowest BCUT2D eigenvalue weighted by Crippen LogP contribution is -1.83. The summed E-state index contributed by atoms with van der Waals surface area (Å²) >= 11 is 0. The monoisotopic (exact) mass is 216 g/mol. The van der Waals surface area contributed by atoms with Crippen molar-refractivity contribution < 1.29 is 15.3 Å². The average Bonchev–Trinajstić information content (AvgIpc) is 2.23. The minimum Gasteiger partial charge on any atom is -0.507 e. The molecular formula is C13H12O3. The molecule has 0 aliphatic rings. The second-order valence-corrected chi connectivity index (χ2v) is 3.69. The summed E-state index contributed by atoms with van der Waals surface area (Å²) in [6.07, 6.45) is 0. The number of hydrogen-bond acceptors (Lipinski definition) is 3. The Morgan fingerprint density at radius 3 is 2.06 bits per heavy atom. The number of phenols is 3. The summed E-state index contributed by atoms with van der Waals surface area (Å²) in [5, 5.41) is 29.1. The van der Waals surface area contributed by atoms with E-state index in [1.807, 2.05) is 6.92 Å². The number of hydrogen-bond donors (Lipinski definition) is 3. The first-order valence-electron chi connectivity index (χ1n) is 4.90. The Labute approximate surface area is 93.2 Å². The first kappa shape index (κ1) is 10.4. The van der Waals surface area contributed by atoms with Crippen LogP contribution in [0.1, 0.15) is 5.56 Å². The summed E-state index contributed by atoms with van der Waals surface area (Å²) in [5.41, 5.74) is 1.62. The molecular weight excluding hydrogens is 204 g/mol. The highest BCUT2D eigenvalue weighted by atomic mass is 16.3. The van der Waals surface area contributed by atoms with E-state index in [1.54, 1.807) is 18.2 Å². The predicted molar refractivity (Wildman–Crippen MR) is 61.6 cm³/mol. The first-order valence-corrected chi connectivity index (χ1v) is 4.90. The molecule has 0 saturated carbocycles. The van der Waals surface area contributed by atoms with Gasteiger partial charge in [-0.25, -0.2) is 0 Å². The molecule has 0 aliphatic carbocycles. The van der Waals surface area contributed by atoms with E-state index in [0.717, 1.165) is 5.56 Å². The van der Waals surface area contributed by atoms with Crippen LogP contribution in [0.5, 0.6) is 17.2 Å². The molecule has 0 fully saturated rings. The minimum absolute atomic E-state index is 0.0300. The smallest absolute Gasteiger partial charge is 0.127 e. The summed E-state index contributed by atoms with van der Waals surface area (Å²) in [6, 6.07) is 9.49. The predicted octanol–water partition coefficient (Wildman–Crippen LogP) is 2.78. The van der Waals surface area contributed by atoms with Crippen LogP contribution in [0, 0.1) is 6.92 Å². The first-order chi connectivity index (χ1) is 7.59. The number of phenolic OH excluding ortho intramolecular Hbond substituents is 3. The van der Waals surface area contributed by atoms with Gasteiger partial charge >= 0.3 is 0 Å². The molecule has 3 nitrogen and oxygen atoms in total. The van der Waals surface area contributed by atoms with Crippen molar-refractivity contribution in [2.75, 3.05) is 0 Å². The highest BCUT2D eigenvalue weighted by Crippen LogP contribution is 2.41. The topological polar surface area (TPSA) is 60.7 Å². The Morgan fingerprint density at radius 2 is 1.44 bits per heavy atom. The summed E-state index contributed by atoms with van der Waals surface area (Å²) in [7, 11) is 0. The SMILES string of the molecule is Cc1ccc(O)c(-c2c(O)cccc2O)c1. The molecule has 2 aromatic carbocycles. The van der Waals surface area contributed by atoms with Crippen LogP contribution in [0.4, 0.5) is 0 Å². The maximum atomic E-state index is 9.72. The summed E-state index contributed by atoms with van der Waals surface area (Å²) in [4.78, 5) is 0. The Morgan fingerprint density at radius 1 is 0.812 bits per heavy atom. The standard InChI is InChI=1S/C13H12O3/c1-8-5-6-10(14)9(7-8)13-11(15)3-2-4-12(13)16/h2-7,14-16H,1H3. The molecule has 0 unspecified atom stereocenters. The second-order valence-electron chi connectivity index (χ2n) is 3.69. The summed E-state index contributed by atoms with van der Waals surface area (Å²) in [6.45, 7) is 1.87. The van der Waals surface area contributed by atoms with Crippen LogP contribution in [0.25, 0.3) is 11.1 Å². The van der Waals surface area contributed by atoms with Gasteiger partial charge in [0, 0.05) is 5.56 Å². The molecule has 2 aromatic rings. The Hall–Kier alpha value is -2.16. The van der Waals surface area contributed by atoms with Crippen molar-refractivity contribution in [3.05, 3.63) is 42.0 Å². The fraction of sp³-hybridized carbons (Fsp3) is 0.0769. The zero-order valence-corrected chi connectivity index (χ0v) is 8.81. The molecule has 0 aromatic heterocycles.